The molecule has 16 heavy (non-hydrogen) atoms. The van der Waals surface area contributed by atoms with Gasteiger partial charge in [0, 0.05) is 26.2 Å². The predicted molar refractivity (Wildman–Crippen MR) is 65.2 cm³/mol. The number of furan rings is 1. The first-order valence-corrected chi connectivity index (χ1v) is 6.21. The molecule has 1 N–H and O–H groups in total. The summed E-state index contributed by atoms with van der Waals surface area (Å²) in [6, 6.07) is 3.94. The van der Waals surface area contributed by atoms with Crippen LogP contribution in [0.4, 0.5) is 0 Å². The van der Waals surface area contributed by atoms with Gasteiger partial charge in [-0.3, -0.25) is 0 Å². The minimum atomic E-state index is 0.839. The first-order valence-electron chi connectivity index (χ1n) is 6.21. The van der Waals surface area contributed by atoms with Gasteiger partial charge in [0.25, 0.3) is 0 Å². The Labute approximate surface area is 97.8 Å². The lowest BCUT2D eigenvalue weighted by molar-refractivity contribution is 0.319. The van der Waals surface area contributed by atoms with E-state index in [0.29, 0.717) is 0 Å². The van der Waals surface area contributed by atoms with Crippen LogP contribution in [0.1, 0.15) is 19.6 Å². The summed E-state index contributed by atoms with van der Waals surface area (Å²) in [5.74, 6) is 2.72. The Hall–Kier alpha value is -0.800. The topological polar surface area (TPSA) is 28.4 Å². The van der Waals surface area contributed by atoms with Crippen LogP contribution in [0, 0.1) is 11.8 Å². The van der Waals surface area contributed by atoms with Crippen LogP contribution in [0.5, 0.6) is 0 Å². The van der Waals surface area contributed by atoms with Gasteiger partial charge in [0.1, 0.15) is 5.76 Å². The second kappa shape index (κ2) is 5.51. The molecule has 1 saturated heterocycles. The molecule has 0 amide bonds. The van der Waals surface area contributed by atoms with E-state index in [1.165, 1.54) is 13.1 Å². The molecule has 0 aromatic carbocycles. The summed E-state index contributed by atoms with van der Waals surface area (Å²) in [6.07, 6.45) is 1.72. The van der Waals surface area contributed by atoms with Crippen LogP contribution >= 0.6 is 0 Å². The van der Waals surface area contributed by atoms with E-state index in [9.17, 15) is 0 Å². The number of nitrogens with one attached hydrogen (secondary N) is 1. The molecule has 90 valence electrons. The third-order valence-corrected chi connectivity index (χ3v) is 3.55. The van der Waals surface area contributed by atoms with Crippen molar-refractivity contribution in [3.63, 3.8) is 0 Å². The maximum atomic E-state index is 5.26. The first-order chi connectivity index (χ1) is 7.75. The van der Waals surface area contributed by atoms with E-state index in [-0.39, 0.29) is 0 Å². The van der Waals surface area contributed by atoms with Crippen molar-refractivity contribution in [2.45, 2.75) is 20.4 Å². The standard InChI is InChI=1S/C13H22N2O/c1-11-9-15(10-12(11)2)6-5-14-8-13-4-3-7-16-13/h3-4,7,11-12,14H,5-6,8-10H2,1-2H3. The Kier molecular flexibility index (Phi) is 4.02. The third-order valence-electron chi connectivity index (χ3n) is 3.55. The average molecular weight is 222 g/mol. The zero-order chi connectivity index (χ0) is 11.4. The van der Waals surface area contributed by atoms with E-state index < -0.39 is 0 Å². The molecule has 1 aromatic heterocycles. The molecule has 3 heteroatoms. The summed E-state index contributed by atoms with van der Waals surface area (Å²) in [4.78, 5) is 2.55. The lowest BCUT2D eigenvalue weighted by atomic mass is 10.0. The van der Waals surface area contributed by atoms with E-state index in [4.69, 9.17) is 4.42 Å². The minimum absolute atomic E-state index is 0.839. The molecular formula is C13H22N2O. The maximum Gasteiger partial charge on any atom is 0.117 e. The average Bonchev–Trinajstić information content (AvgIpc) is 2.85. The van der Waals surface area contributed by atoms with Crippen LogP contribution in [0.3, 0.4) is 0 Å². The Morgan fingerprint density at radius 1 is 1.38 bits per heavy atom. The SMILES string of the molecule is CC1CN(CCNCc2ccco2)CC1C. The highest BCUT2D eigenvalue weighted by Gasteiger charge is 2.24. The number of rotatable bonds is 5. The molecule has 1 aliphatic heterocycles. The van der Waals surface area contributed by atoms with Crippen LogP contribution in [0.15, 0.2) is 22.8 Å². The van der Waals surface area contributed by atoms with Crippen molar-refractivity contribution >= 4 is 0 Å². The third kappa shape index (κ3) is 3.09. The van der Waals surface area contributed by atoms with E-state index in [1.54, 1.807) is 6.26 Å². The Morgan fingerprint density at radius 3 is 2.75 bits per heavy atom. The minimum Gasteiger partial charge on any atom is -0.468 e. The van der Waals surface area contributed by atoms with Crippen molar-refractivity contribution < 1.29 is 4.42 Å². The molecule has 1 fully saturated rings. The van der Waals surface area contributed by atoms with Gasteiger partial charge in [-0.2, -0.15) is 0 Å². The van der Waals surface area contributed by atoms with Gasteiger partial charge in [0.2, 0.25) is 0 Å². The molecule has 2 heterocycles. The van der Waals surface area contributed by atoms with Gasteiger partial charge < -0.3 is 14.6 Å². The van der Waals surface area contributed by atoms with E-state index in [2.05, 4.69) is 24.1 Å². The van der Waals surface area contributed by atoms with Crippen molar-refractivity contribution in [2.24, 2.45) is 11.8 Å². The van der Waals surface area contributed by atoms with Crippen molar-refractivity contribution in [2.75, 3.05) is 26.2 Å². The van der Waals surface area contributed by atoms with Gasteiger partial charge in [-0.05, 0) is 24.0 Å². The summed E-state index contributed by atoms with van der Waals surface area (Å²) >= 11 is 0. The smallest absolute Gasteiger partial charge is 0.117 e. The number of likely N-dealkylation sites (tertiary alicyclic amines) is 1. The number of hydrogen-bond acceptors (Lipinski definition) is 3. The van der Waals surface area contributed by atoms with Crippen LogP contribution in [-0.2, 0) is 6.54 Å². The van der Waals surface area contributed by atoms with Gasteiger partial charge in [0.05, 0.1) is 12.8 Å². The van der Waals surface area contributed by atoms with Gasteiger partial charge in [-0.25, -0.2) is 0 Å². The highest BCUT2D eigenvalue weighted by molar-refractivity contribution is 4.97. The quantitative estimate of drug-likeness (QED) is 0.772. The summed E-state index contributed by atoms with van der Waals surface area (Å²) in [7, 11) is 0. The predicted octanol–water partition coefficient (Wildman–Crippen LogP) is 1.96. The van der Waals surface area contributed by atoms with E-state index >= 15 is 0 Å². The van der Waals surface area contributed by atoms with Crippen LogP contribution in [0.25, 0.3) is 0 Å². The van der Waals surface area contributed by atoms with Gasteiger partial charge in [0.15, 0.2) is 0 Å². The molecule has 1 aromatic rings. The summed E-state index contributed by atoms with van der Waals surface area (Å²) in [5, 5.41) is 3.41. The molecule has 0 spiro atoms. The normalized spacial score (nSPS) is 26.4. The van der Waals surface area contributed by atoms with E-state index in [1.807, 2.05) is 12.1 Å². The molecule has 0 saturated carbocycles. The zero-order valence-electron chi connectivity index (χ0n) is 10.3. The number of hydrogen-bond donors (Lipinski definition) is 1. The van der Waals surface area contributed by atoms with Crippen molar-refractivity contribution in [1.82, 2.24) is 10.2 Å². The Morgan fingerprint density at radius 2 is 2.12 bits per heavy atom. The second-order valence-corrected chi connectivity index (χ2v) is 4.97. The summed E-state index contributed by atoms with van der Waals surface area (Å²) < 4.78 is 5.26. The fourth-order valence-corrected chi connectivity index (χ4v) is 2.29. The molecule has 1 aliphatic rings. The zero-order valence-corrected chi connectivity index (χ0v) is 10.3. The molecule has 2 unspecified atom stereocenters. The maximum absolute atomic E-state index is 5.26. The largest absolute Gasteiger partial charge is 0.468 e. The molecule has 2 atom stereocenters. The van der Waals surface area contributed by atoms with Crippen molar-refractivity contribution in [3.8, 4) is 0 Å². The summed E-state index contributed by atoms with van der Waals surface area (Å²) in [5.41, 5.74) is 0. The first kappa shape index (κ1) is 11.7. The molecular weight excluding hydrogens is 200 g/mol. The fourth-order valence-electron chi connectivity index (χ4n) is 2.29. The Balaban J connectivity index is 1.59. The van der Waals surface area contributed by atoms with Crippen molar-refractivity contribution in [1.29, 1.82) is 0 Å². The highest BCUT2D eigenvalue weighted by Crippen LogP contribution is 2.21. The van der Waals surface area contributed by atoms with Crippen molar-refractivity contribution in [3.05, 3.63) is 24.2 Å². The van der Waals surface area contributed by atoms with Gasteiger partial charge in [-0.1, -0.05) is 13.8 Å². The number of nitrogens with zero attached hydrogens (tertiary/aromatic N) is 1. The molecule has 0 radical (unpaired) electrons. The van der Waals surface area contributed by atoms with Crippen LogP contribution in [-0.4, -0.2) is 31.1 Å². The summed E-state index contributed by atoms with van der Waals surface area (Å²) in [6.45, 7) is 10.2. The molecule has 3 nitrogen and oxygen atoms in total. The highest BCUT2D eigenvalue weighted by atomic mass is 16.3. The van der Waals surface area contributed by atoms with Gasteiger partial charge in [-0.15, -0.1) is 0 Å². The fraction of sp³-hybridized carbons (Fsp3) is 0.692. The Bertz CT molecular complexity index is 287. The van der Waals surface area contributed by atoms with Crippen LogP contribution < -0.4 is 5.32 Å². The lowest BCUT2D eigenvalue weighted by Crippen LogP contribution is -2.30. The monoisotopic (exact) mass is 222 g/mol. The second-order valence-electron chi connectivity index (χ2n) is 4.97. The lowest BCUT2D eigenvalue weighted by Gasteiger charge is -2.15. The molecule has 0 bridgehead atoms. The van der Waals surface area contributed by atoms with Crippen LogP contribution in [0.2, 0.25) is 0 Å². The van der Waals surface area contributed by atoms with Gasteiger partial charge >= 0.3 is 0 Å². The van der Waals surface area contributed by atoms with E-state index in [0.717, 1.165) is 37.2 Å². The molecule has 0 aliphatic carbocycles. The molecule has 2 rings (SSSR count).